The molecular weight excluding hydrogens is 424 g/mol. The Labute approximate surface area is 209 Å². The Kier molecular flexibility index (Phi) is 6.15. The minimum absolute atomic E-state index is 0.210. The van der Waals surface area contributed by atoms with E-state index in [-0.39, 0.29) is 5.92 Å². The van der Waals surface area contributed by atoms with Gasteiger partial charge in [0.05, 0.1) is 5.69 Å². The molecule has 1 unspecified atom stereocenters. The van der Waals surface area contributed by atoms with Gasteiger partial charge in [-0.15, -0.1) is 0 Å². The van der Waals surface area contributed by atoms with Crippen LogP contribution in [0.15, 0.2) is 79.3 Å². The van der Waals surface area contributed by atoms with Crippen LogP contribution in [0.2, 0.25) is 0 Å². The van der Waals surface area contributed by atoms with Crippen molar-refractivity contribution in [3.05, 3.63) is 118 Å². The van der Waals surface area contributed by atoms with Gasteiger partial charge in [0.25, 0.3) is 0 Å². The highest BCUT2D eigenvalue weighted by Gasteiger charge is 2.35. The van der Waals surface area contributed by atoms with Crippen LogP contribution < -0.4 is 0 Å². The van der Waals surface area contributed by atoms with Crippen LogP contribution in [-0.4, -0.2) is 9.97 Å². The van der Waals surface area contributed by atoms with Crippen LogP contribution in [0.25, 0.3) is 22.4 Å². The summed E-state index contributed by atoms with van der Waals surface area (Å²) in [7, 11) is 0. The highest BCUT2D eigenvalue weighted by molar-refractivity contribution is 6.01. The fraction of sp³-hybridized carbons (Fsp3) is 0.273. The average Bonchev–Trinajstić information content (AvgIpc) is 3.16. The van der Waals surface area contributed by atoms with Crippen molar-refractivity contribution in [2.75, 3.05) is 0 Å². The number of hydrogen-bond donors (Lipinski definition) is 0. The molecule has 1 aliphatic carbocycles. The highest BCUT2D eigenvalue weighted by Crippen LogP contribution is 2.53. The topological polar surface area (TPSA) is 25.8 Å². The zero-order valence-corrected chi connectivity index (χ0v) is 21.6. The summed E-state index contributed by atoms with van der Waals surface area (Å²) in [5, 5.41) is 0. The lowest BCUT2D eigenvalue weighted by molar-refractivity contribution is 0.793. The molecule has 2 nitrogen and oxygen atoms in total. The monoisotopic (exact) mass is 458 g/mol. The van der Waals surface area contributed by atoms with Gasteiger partial charge in [-0.25, -0.2) is 9.97 Å². The van der Waals surface area contributed by atoms with Crippen LogP contribution in [0.4, 0.5) is 0 Å². The Morgan fingerprint density at radius 3 is 1.97 bits per heavy atom. The van der Waals surface area contributed by atoms with Crippen molar-refractivity contribution >= 4 is 11.1 Å². The van der Waals surface area contributed by atoms with Crippen LogP contribution >= 0.6 is 0 Å². The molecule has 35 heavy (non-hydrogen) atoms. The molecule has 0 bridgehead atoms. The molecule has 0 radical (unpaired) electrons. The molecule has 0 saturated heterocycles. The summed E-state index contributed by atoms with van der Waals surface area (Å²) in [5.41, 5.74) is 14.8. The molecule has 0 spiro atoms. The molecule has 4 aromatic rings. The van der Waals surface area contributed by atoms with Crippen molar-refractivity contribution in [1.82, 2.24) is 9.97 Å². The molecule has 176 valence electrons. The zero-order chi connectivity index (χ0) is 24.7. The summed E-state index contributed by atoms with van der Waals surface area (Å²) in [6, 6.07) is 24.6. The quantitative estimate of drug-likeness (QED) is 0.299. The van der Waals surface area contributed by atoms with E-state index in [1.807, 2.05) is 12.3 Å². The van der Waals surface area contributed by atoms with E-state index in [2.05, 4.69) is 112 Å². The Balaban J connectivity index is 1.84. The van der Waals surface area contributed by atoms with E-state index in [1.165, 1.54) is 55.7 Å². The minimum Gasteiger partial charge on any atom is -0.245 e. The van der Waals surface area contributed by atoms with E-state index in [0.29, 0.717) is 11.8 Å². The number of aromatic nitrogens is 2. The van der Waals surface area contributed by atoms with Gasteiger partial charge >= 0.3 is 0 Å². The molecule has 0 fully saturated rings. The second-order valence-electron chi connectivity index (χ2n) is 10.3. The van der Waals surface area contributed by atoms with Gasteiger partial charge in [-0.3, -0.25) is 0 Å². The first-order valence-electron chi connectivity index (χ1n) is 12.7. The molecule has 1 atom stereocenters. The molecule has 0 saturated carbocycles. The minimum atomic E-state index is 0.210. The molecule has 0 amide bonds. The van der Waals surface area contributed by atoms with Crippen molar-refractivity contribution in [2.45, 2.75) is 59.3 Å². The number of aryl methyl sites for hydroxylation is 1. The van der Waals surface area contributed by atoms with Crippen molar-refractivity contribution in [1.29, 1.82) is 0 Å². The van der Waals surface area contributed by atoms with Crippen molar-refractivity contribution in [2.24, 2.45) is 0 Å². The lowest BCUT2D eigenvalue weighted by atomic mass is 9.75. The van der Waals surface area contributed by atoms with Crippen molar-refractivity contribution < 1.29 is 0 Å². The van der Waals surface area contributed by atoms with Crippen molar-refractivity contribution in [3.63, 3.8) is 0 Å². The fourth-order valence-corrected chi connectivity index (χ4v) is 5.74. The number of rotatable bonds is 5. The summed E-state index contributed by atoms with van der Waals surface area (Å²) in [4.78, 5) is 8.71. The summed E-state index contributed by atoms with van der Waals surface area (Å²) in [6.07, 6.45) is 3.47. The Bertz CT molecular complexity index is 1380. The fourth-order valence-electron chi connectivity index (χ4n) is 5.74. The van der Waals surface area contributed by atoms with E-state index >= 15 is 0 Å². The Morgan fingerprint density at radius 1 is 0.743 bits per heavy atom. The van der Waals surface area contributed by atoms with Gasteiger partial charge in [0.15, 0.2) is 0 Å². The van der Waals surface area contributed by atoms with E-state index in [1.54, 1.807) is 6.33 Å². The van der Waals surface area contributed by atoms with Gasteiger partial charge in [0, 0.05) is 17.7 Å². The van der Waals surface area contributed by atoms with E-state index < -0.39 is 0 Å². The molecule has 0 N–H and O–H groups in total. The van der Waals surface area contributed by atoms with E-state index in [0.717, 1.165) is 5.69 Å². The lowest BCUT2D eigenvalue weighted by Crippen LogP contribution is -2.12. The van der Waals surface area contributed by atoms with Gasteiger partial charge in [-0.05, 0) is 94.0 Å². The van der Waals surface area contributed by atoms with E-state index in [4.69, 9.17) is 0 Å². The number of hydrogen-bond acceptors (Lipinski definition) is 2. The third-order valence-electron chi connectivity index (χ3n) is 7.46. The molecule has 1 aromatic heterocycles. The summed E-state index contributed by atoms with van der Waals surface area (Å²) in [6.45, 7) is 13.8. The maximum atomic E-state index is 4.58. The van der Waals surface area contributed by atoms with Crippen LogP contribution in [0, 0.1) is 6.92 Å². The summed E-state index contributed by atoms with van der Waals surface area (Å²) >= 11 is 0. The summed E-state index contributed by atoms with van der Waals surface area (Å²) < 4.78 is 0. The Hall–Kier alpha value is -3.52. The van der Waals surface area contributed by atoms with E-state index in [9.17, 15) is 0 Å². The molecule has 1 aliphatic rings. The molecule has 3 aromatic carbocycles. The predicted molar refractivity (Wildman–Crippen MR) is 148 cm³/mol. The SMILES string of the molecule is CC1=C(c2ccccc2C)C(c2c(C(C)C)cc(-c3ccncn3)cc2C(C)C)c2ccccc21. The molecule has 1 heterocycles. The lowest BCUT2D eigenvalue weighted by Gasteiger charge is -2.29. The second kappa shape index (κ2) is 9.26. The third-order valence-corrected chi connectivity index (χ3v) is 7.46. The van der Waals surface area contributed by atoms with Crippen LogP contribution in [0.1, 0.15) is 91.3 Å². The predicted octanol–water partition coefficient (Wildman–Crippen LogP) is 8.78. The Morgan fingerprint density at radius 2 is 1.37 bits per heavy atom. The number of allylic oxidation sites excluding steroid dienone is 2. The van der Waals surface area contributed by atoms with Crippen LogP contribution in [0.3, 0.4) is 0 Å². The molecule has 0 aliphatic heterocycles. The van der Waals surface area contributed by atoms with Gasteiger partial charge in [-0.2, -0.15) is 0 Å². The normalized spacial score (nSPS) is 15.3. The molecular formula is C33H34N2. The van der Waals surface area contributed by atoms with Gasteiger partial charge in [0.1, 0.15) is 6.33 Å². The second-order valence-corrected chi connectivity index (χ2v) is 10.3. The first kappa shape index (κ1) is 23.2. The van der Waals surface area contributed by atoms with Gasteiger partial charge in [0.2, 0.25) is 0 Å². The molecule has 2 heteroatoms. The number of benzene rings is 3. The highest BCUT2D eigenvalue weighted by atomic mass is 14.8. The van der Waals surface area contributed by atoms with Crippen LogP contribution in [0.5, 0.6) is 0 Å². The van der Waals surface area contributed by atoms with Crippen molar-refractivity contribution in [3.8, 4) is 11.3 Å². The average molecular weight is 459 g/mol. The maximum absolute atomic E-state index is 4.58. The third kappa shape index (κ3) is 4.01. The number of fused-ring (bicyclic) bond motifs is 1. The standard InChI is InChI=1S/C33H34N2/c1-20(2)28-17-24(30-15-16-34-19-35-30)18-29(21(3)4)32(28)33-27-14-10-9-13-26(27)23(6)31(33)25-12-8-7-11-22(25)5/h7-21,33H,1-6H3. The zero-order valence-electron chi connectivity index (χ0n) is 21.6. The van der Waals surface area contributed by atoms with Gasteiger partial charge in [-0.1, -0.05) is 76.2 Å². The number of nitrogens with zero attached hydrogens (tertiary/aromatic N) is 2. The maximum Gasteiger partial charge on any atom is 0.116 e. The summed E-state index contributed by atoms with van der Waals surface area (Å²) in [5.74, 6) is 0.979. The van der Waals surface area contributed by atoms with Gasteiger partial charge < -0.3 is 0 Å². The first-order valence-corrected chi connectivity index (χ1v) is 12.7. The van der Waals surface area contributed by atoms with Crippen LogP contribution in [-0.2, 0) is 0 Å². The molecule has 5 rings (SSSR count). The first-order chi connectivity index (χ1) is 16.9. The smallest absolute Gasteiger partial charge is 0.116 e. The largest absolute Gasteiger partial charge is 0.245 e.